The zero-order valence-corrected chi connectivity index (χ0v) is 16.8. The summed E-state index contributed by atoms with van der Waals surface area (Å²) >= 11 is 6.21. The van der Waals surface area contributed by atoms with E-state index in [1.807, 2.05) is 32.0 Å². The molecule has 0 aliphatic rings. The number of nitrogens with zero attached hydrogens (tertiary/aromatic N) is 2. The van der Waals surface area contributed by atoms with E-state index < -0.39 is 0 Å². The van der Waals surface area contributed by atoms with Crippen LogP contribution in [0.3, 0.4) is 0 Å². The highest BCUT2D eigenvalue weighted by Crippen LogP contribution is 2.26. The number of aromatic nitrogens is 2. The Morgan fingerprint density at radius 2 is 1.77 bits per heavy atom. The van der Waals surface area contributed by atoms with Crippen molar-refractivity contribution in [1.29, 1.82) is 0 Å². The number of hydrogen-bond donors (Lipinski definition) is 0. The van der Waals surface area contributed by atoms with Crippen molar-refractivity contribution in [3.63, 3.8) is 0 Å². The first-order chi connectivity index (χ1) is 12.5. The smallest absolute Gasteiger partial charge is 0.119 e. The second kappa shape index (κ2) is 8.13. The molecule has 3 aromatic rings. The zero-order valence-electron chi connectivity index (χ0n) is 16.1. The van der Waals surface area contributed by atoms with Gasteiger partial charge in [-0.3, -0.25) is 0 Å². The summed E-state index contributed by atoms with van der Waals surface area (Å²) in [6.07, 6.45) is 2.07. The number of aryl methyl sites for hydroxylation is 3. The molecular weight excluding hydrogens is 344 g/mol. The van der Waals surface area contributed by atoms with Crippen molar-refractivity contribution in [3.05, 3.63) is 58.4 Å². The van der Waals surface area contributed by atoms with Crippen molar-refractivity contribution in [2.45, 2.75) is 53.0 Å². The minimum absolute atomic E-state index is 0.415. The molecule has 0 radical (unpaired) electrons. The second-order valence-electron chi connectivity index (χ2n) is 7.19. The highest BCUT2D eigenvalue weighted by Gasteiger charge is 2.12. The number of fused-ring (bicyclic) bond motifs is 1. The molecule has 0 saturated heterocycles. The predicted octanol–water partition coefficient (Wildman–Crippen LogP) is 6.29. The molecule has 0 N–H and O–H groups in total. The number of halogens is 1. The average Bonchev–Trinajstić information content (AvgIpc) is 2.98. The fourth-order valence-corrected chi connectivity index (χ4v) is 3.43. The van der Waals surface area contributed by atoms with E-state index in [4.69, 9.17) is 21.3 Å². The van der Waals surface area contributed by atoms with Gasteiger partial charge in [0, 0.05) is 17.5 Å². The molecule has 138 valence electrons. The molecule has 4 heteroatoms. The molecule has 0 aliphatic heterocycles. The monoisotopic (exact) mass is 370 g/mol. The van der Waals surface area contributed by atoms with Gasteiger partial charge < -0.3 is 9.30 Å². The third kappa shape index (κ3) is 4.04. The molecule has 1 heterocycles. The Bertz CT molecular complexity index is 875. The van der Waals surface area contributed by atoms with Gasteiger partial charge in [-0.15, -0.1) is 0 Å². The lowest BCUT2D eigenvalue weighted by atomic mass is 10.1. The first-order valence-electron chi connectivity index (χ1n) is 9.32. The fraction of sp³-hybridized carbons (Fsp3) is 0.409. The van der Waals surface area contributed by atoms with Crippen molar-refractivity contribution >= 4 is 22.6 Å². The van der Waals surface area contributed by atoms with Crippen molar-refractivity contribution < 1.29 is 4.74 Å². The van der Waals surface area contributed by atoms with Crippen LogP contribution in [0.5, 0.6) is 5.75 Å². The quantitative estimate of drug-likeness (QED) is 0.457. The van der Waals surface area contributed by atoms with E-state index in [0.29, 0.717) is 12.5 Å². The van der Waals surface area contributed by atoms with Gasteiger partial charge in [-0.05, 0) is 62.1 Å². The number of rotatable bonds is 7. The average molecular weight is 371 g/mol. The van der Waals surface area contributed by atoms with Gasteiger partial charge in [0.25, 0.3) is 0 Å². The van der Waals surface area contributed by atoms with Crippen molar-refractivity contribution in [3.8, 4) is 5.75 Å². The number of para-hydroxylation sites is 2. The Kier molecular flexibility index (Phi) is 5.87. The van der Waals surface area contributed by atoms with Gasteiger partial charge in [-0.2, -0.15) is 0 Å². The SMILES string of the molecule is Cc1cc(OCCCCn2c(C(C)C)nc3ccccc32)cc(C)c1Cl. The zero-order chi connectivity index (χ0) is 18.7. The minimum atomic E-state index is 0.415. The molecule has 0 atom stereocenters. The van der Waals surface area contributed by atoms with Gasteiger partial charge >= 0.3 is 0 Å². The van der Waals surface area contributed by atoms with Crippen LogP contribution in [0.1, 0.15) is 49.6 Å². The van der Waals surface area contributed by atoms with Gasteiger partial charge in [0.1, 0.15) is 11.6 Å². The number of imidazole rings is 1. The predicted molar refractivity (Wildman–Crippen MR) is 109 cm³/mol. The second-order valence-corrected chi connectivity index (χ2v) is 7.57. The maximum absolute atomic E-state index is 6.21. The van der Waals surface area contributed by atoms with E-state index in [1.165, 1.54) is 5.52 Å². The van der Waals surface area contributed by atoms with E-state index in [9.17, 15) is 0 Å². The summed E-state index contributed by atoms with van der Waals surface area (Å²) in [6.45, 7) is 10.1. The highest BCUT2D eigenvalue weighted by molar-refractivity contribution is 6.32. The van der Waals surface area contributed by atoms with Gasteiger partial charge in [0.05, 0.1) is 17.6 Å². The van der Waals surface area contributed by atoms with Crippen LogP contribution in [-0.2, 0) is 6.54 Å². The van der Waals surface area contributed by atoms with Gasteiger partial charge in [0.2, 0.25) is 0 Å². The molecule has 0 bridgehead atoms. The molecule has 0 unspecified atom stereocenters. The maximum atomic E-state index is 6.21. The molecule has 0 fully saturated rings. The Morgan fingerprint density at radius 1 is 1.08 bits per heavy atom. The summed E-state index contributed by atoms with van der Waals surface area (Å²) in [7, 11) is 0. The molecular formula is C22H27ClN2O. The van der Waals surface area contributed by atoms with Crippen molar-refractivity contribution in [1.82, 2.24) is 9.55 Å². The number of hydrogen-bond acceptors (Lipinski definition) is 2. The number of ether oxygens (including phenoxy) is 1. The summed E-state index contributed by atoms with van der Waals surface area (Å²) in [5, 5.41) is 0.825. The lowest BCUT2D eigenvalue weighted by molar-refractivity contribution is 0.302. The normalized spacial score (nSPS) is 11.5. The molecule has 0 aliphatic carbocycles. The summed E-state index contributed by atoms with van der Waals surface area (Å²) in [5.41, 5.74) is 4.43. The largest absolute Gasteiger partial charge is 0.494 e. The Labute approximate surface area is 161 Å². The summed E-state index contributed by atoms with van der Waals surface area (Å²) in [5.74, 6) is 2.48. The van der Waals surface area contributed by atoms with E-state index >= 15 is 0 Å². The molecule has 26 heavy (non-hydrogen) atoms. The van der Waals surface area contributed by atoms with Gasteiger partial charge in [-0.1, -0.05) is 37.6 Å². The molecule has 0 saturated carbocycles. The molecule has 3 nitrogen and oxygen atoms in total. The summed E-state index contributed by atoms with van der Waals surface area (Å²) < 4.78 is 8.28. The van der Waals surface area contributed by atoms with Crippen LogP contribution in [0.2, 0.25) is 5.02 Å². The van der Waals surface area contributed by atoms with E-state index in [2.05, 4.69) is 36.6 Å². The molecule has 2 aromatic carbocycles. The molecule has 1 aromatic heterocycles. The third-order valence-corrected chi connectivity index (χ3v) is 5.25. The van der Waals surface area contributed by atoms with Gasteiger partial charge in [0.15, 0.2) is 0 Å². The van der Waals surface area contributed by atoms with Crippen LogP contribution in [0.15, 0.2) is 36.4 Å². The Hall–Kier alpha value is -2.00. The minimum Gasteiger partial charge on any atom is -0.494 e. The molecule has 0 amide bonds. The number of unbranched alkanes of at least 4 members (excludes halogenated alkanes) is 1. The first kappa shape index (κ1) is 18.8. The third-order valence-electron chi connectivity index (χ3n) is 4.66. The Morgan fingerprint density at radius 3 is 2.46 bits per heavy atom. The van der Waals surface area contributed by atoms with Crippen molar-refractivity contribution in [2.75, 3.05) is 6.61 Å². The number of benzene rings is 2. The summed E-state index contributed by atoms with van der Waals surface area (Å²) in [6, 6.07) is 12.4. The Balaban J connectivity index is 1.59. The van der Waals surface area contributed by atoms with Crippen molar-refractivity contribution in [2.24, 2.45) is 0 Å². The summed E-state index contributed by atoms with van der Waals surface area (Å²) in [4.78, 5) is 4.81. The van der Waals surface area contributed by atoms with Crippen LogP contribution in [-0.4, -0.2) is 16.2 Å². The lowest BCUT2D eigenvalue weighted by Crippen LogP contribution is -2.07. The van der Waals surface area contributed by atoms with E-state index in [1.54, 1.807) is 0 Å². The molecule has 0 spiro atoms. The maximum Gasteiger partial charge on any atom is 0.119 e. The van der Waals surface area contributed by atoms with E-state index in [0.717, 1.165) is 52.6 Å². The molecule has 3 rings (SSSR count). The highest BCUT2D eigenvalue weighted by atomic mass is 35.5. The van der Waals surface area contributed by atoms with Gasteiger partial charge in [-0.25, -0.2) is 4.98 Å². The van der Waals surface area contributed by atoms with E-state index in [-0.39, 0.29) is 0 Å². The first-order valence-corrected chi connectivity index (χ1v) is 9.70. The standard InChI is InChI=1S/C22H27ClN2O/c1-15(2)22-24-19-9-5-6-10-20(19)25(22)11-7-8-12-26-18-13-16(3)21(23)17(4)14-18/h5-6,9-10,13-15H,7-8,11-12H2,1-4H3. The van der Waals surface area contributed by atoms with Crippen LogP contribution < -0.4 is 4.74 Å². The lowest BCUT2D eigenvalue weighted by Gasteiger charge is -2.12. The fourth-order valence-electron chi connectivity index (χ4n) is 3.32. The topological polar surface area (TPSA) is 27.1 Å². The van der Waals surface area contributed by atoms with Crippen LogP contribution >= 0.6 is 11.6 Å². The van der Waals surface area contributed by atoms with Crippen LogP contribution in [0.4, 0.5) is 0 Å². The van der Waals surface area contributed by atoms with Crippen LogP contribution in [0, 0.1) is 13.8 Å². The van der Waals surface area contributed by atoms with Crippen LogP contribution in [0.25, 0.3) is 11.0 Å².